The monoisotopic (exact) mass is 345 g/mol. The number of esters is 1. The zero-order valence-corrected chi connectivity index (χ0v) is 14.5. The molecule has 2 aliphatic rings. The van der Waals surface area contributed by atoms with Crippen molar-refractivity contribution in [3.63, 3.8) is 0 Å². The van der Waals surface area contributed by atoms with E-state index in [9.17, 15) is 9.59 Å². The van der Waals surface area contributed by atoms with Gasteiger partial charge in [0.2, 0.25) is 0 Å². The lowest BCUT2D eigenvalue weighted by molar-refractivity contribution is -0.136. The van der Waals surface area contributed by atoms with Gasteiger partial charge in [-0.1, -0.05) is 12.1 Å². The molecule has 7 nitrogen and oxygen atoms in total. The highest BCUT2D eigenvalue weighted by molar-refractivity contribution is 5.95. The van der Waals surface area contributed by atoms with Gasteiger partial charge in [0.05, 0.1) is 25.8 Å². The predicted octanol–water partition coefficient (Wildman–Crippen LogP) is 1.57. The van der Waals surface area contributed by atoms with Gasteiger partial charge >= 0.3 is 12.0 Å². The molecule has 0 saturated carbocycles. The summed E-state index contributed by atoms with van der Waals surface area (Å²) < 4.78 is 10.3. The van der Waals surface area contributed by atoms with Crippen LogP contribution in [0.2, 0.25) is 0 Å². The zero-order chi connectivity index (χ0) is 17.8. The van der Waals surface area contributed by atoms with Crippen molar-refractivity contribution in [2.75, 3.05) is 33.9 Å². The van der Waals surface area contributed by atoms with Crippen molar-refractivity contribution in [3.8, 4) is 5.75 Å². The summed E-state index contributed by atoms with van der Waals surface area (Å²) in [5.74, 6) is 0.213. The summed E-state index contributed by atoms with van der Waals surface area (Å²) in [7, 11) is 2.93. The van der Waals surface area contributed by atoms with E-state index < -0.39 is 12.0 Å². The van der Waals surface area contributed by atoms with Crippen LogP contribution in [-0.4, -0.2) is 50.8 Å². The number of likely N-dealkylation sites (tertiary alicyclic amines) is 1. The Morgan fingerprint density at radius 3 is 2.72 bits per heavy atom. The molecule has 0 spiro atoms. The molecule has 7 heteroatoms. The van der Waals surface area contributed by atoms with Crippen LogP contribution in [0, 0.1) is 0 Å². The number of carbonyl (C=O) groups is 2. The highest BCUT2D eigenvalue weighted by Crippen LogP contribution is 2.30. The number of ether oxygens (including phenoxy) is 2. The number of nitrogens with zero attached hydrogens (tertiary/aromatic N) is 1. The maximum absolute atomic E-state index is 12.5. The number of hydrogen-bond donors (Lipinski definition) is 2. The van der Waals surface area contributed by atoms with Crippen molar-refractivity contribution < 1.29 is 19.1 Å². The number of nitrogens with one attached hydrogen (secondary N) is 2. The van der Waals surface area contributed by atoms with Crippen LogP contribution in [-0.2, 0) is 9.53 Å². The highest BCUT2D eigenvalue weighted by atomic mass is 16.5. The molecule has 2 heterocycles. The molecule has 1 fully saturated rings. The van der Waals surface area contributed by atoms with E-state index in [1.165, 1.54) is 7.11 Å². The highest BCUT2D eigenvalue weighted by Gasteiger charge is 2.34. The third kappa shape index (κ3) is 3.76. The average molecular weight is 345 g/mol. The van der Waals surface area contributed by atoms with Crippen LogP contribution >= 0.6 is 0 Å². The first-order valence-electron chi connectivity index (χ1n) is 8.37. The Balaban J connectivity index is 2.00. The van der Waals surface area contributed by atoms with Crippen LogP contribution in [0.4, 0.5) is 4.79 Å². The van der Waals surface area contributed by atoms with E-state index in [1.807, 2.05) is 24.3 Å². The van der Waals surface area contributed by atoms with Crippen LogP contribution in [0.15, 0.2) is 35.5 Å². The first-order valence-corrected chi connectivity index (χ1v) is 8.37. The Labute approximate surface area is 147 Å². The van der Waals surface area contributed by atoms with E-state index >= 15 is 0 Å². The molecule has 0 bridgehead atoms. The molecule has 0 aliphatic carbocycles. The maximum atomic E-state index is 12.5. The molecule has 1 atom stereocenters. The number of hydrogen-bond acceptors (Lipinski definition) is 5. The predicted molar refractivity (Wildman–Crippen MR) is 92.1 cm³/mol. The molecule has 0 unspecified atom stereocenters. The minimum atomic E-state index is -0.575. The Kier molecular flexibility index (Phi) is 5.23. The first-order chi connectivity index (χ1) is 12.1. The van der Waals surface area contributed by atoms with E-state index in [0.29, 0.717) is 23.6 Å². The van der Waals surface area contributed by atoms with Crippen LogP contribution in [0.25, 0.3) is 0 Å². The fraction of sp³-hybridized carbons (Fsp3) is 0.444. The van der Waals surface area contributed by atoms with Crippen LogP contribution < -0.4 is 15.4 Å². The quantitative estimate of drug-likeness (QED) is 0.792. The number of benzene rings is 1. The SMILES string of the molecule is COC(=O)C1=C(CN2CCCC2)NC(=O)N[C@@H]1c1cccc(OC)c1. The lowest BCUT2D eigenvalue weighted by Crippen LogP contribution is -2.48. The van der Waals surface area contributed by atoms with Crippen molar-refractivity contribution in [3.05, 3.63) is 41.1 Å². The molecular formula is C18H23N3O4. The second-order valence-electron chi connectivity index (χ2n) is 6.18. The number of urea groups is 1. The number of amides is 2. The van der Waals surface area contributed by atoms with E-state index in [1.54, 1.807) is 7.11 Å². The normalized spacial score (nSPS) is 20.9. The molecule has 2 N–H and O–H groups in total. The van der Waals surface area contributed by atoms with Gasteiger partial charge in [-0.3, -0.25) is 4.90 Å². The summed E-state index contributed by atoms with van der Waals surface area (Å²) in [5, 5.41) is 5.61. The van der Waals surface area contributed by atoms with Gasteiger partial charge in [-0.25, -0.2) is 9.59 Å². The van der Waals surface area contributed by atoms with Crippen molar-refractivity contribution in [1.82, 2.24) is 15.5 Å². The summed E-state index contributed by atoms with van der Waals surface area (Å²) in [6.07, 6.45) is 2.26. The fourth-order valence-corrected chi connectivity index (χ4v) is 3.33. The third-order valence-corrected chi connectivity index (χ3v) is 4.57. The van der Waals surface area contributed by atoms with Gasteiger partial charge < -0.3 is 20.1 Å². The summed E-state index contributed by atoms with van der Waals surface area (Å²) >= 11 is 0. The summed E-state index contributed by atoms with van der Waals surface area (Å²) in [6, 6.07) is 6.42. The maximum Gasteiger partial charge on any atom is 0.338 e. The Hall–Kier alpha value is -2.54. The molecule has 134 valence electrons. The van der Waals surface area contributed by atoms with E-state index in [0.717, 1.165) is 31.5 Å². The molecule has 1 aromatic rings. The van der Waals surface area contributed by atoms with Crippen LogP contribution in [0.5, 0.6) is 5.75 Å². The molecule has 1 saturated heterocycles. The molecule has 2 amide bonds. The Morgan fingerprint density at radius 2 is 2.04 bits per heavy atom. The third-order valence-electron chi connectivity index (χ3n) is 4.57. The molecule has 2 aliphatic heterocycles. The van der Waals surface area contributed by atoms with Crippen molar-refractivity contribution in [2.45, 2.75) is 18.9 Å². The van der Waals surface area contributed by atoms with Gasteiger partial charge in [-0.05, 0) is 43.6 Å². The van der Waals surface area contributed by atoms with Gasteiger partial charge in [0.15, 0.2) is 0 Å². The minimum absolute atomic E-state index is 0.324. The van der Waals surface area contributed by atoms with E-state index in [4.69, 9.17) is 9.47 Å². The van der Waals surface area contributed by atoms with Crippen LogP contribution in [0.3, 0.4) is 0 Å². The second kappa shape index (κ2) is 7.57. The largest absolute Gasteiger partial charge is 0.497 e. The second-order valence-corrected chi connectivity index (χ2v) is 6.18. The first kappa shape index (κ1) is 17.3. The smallest absolute Gasteiger partial charge is 0.338 e. The van der Waals surface area contributed by atoms with Gasteiger partial charge in [0.1, 0.15) is 5.75 Å². The molecule has 25 heavy (non-hydrogen) atoms. The van der Waals surface area contributed by atoms with Crippen molar-refractivity contribution in [1.29, 1.82) is 0 Å². The fourth-order valence-electron chi connectivity index (χ4n) is 3.33. The van der Waals surface area contributed by atoms with Gasteiger partial charge in [0, 0.05) is 12.2 Å². The summed E-state index contributed by atoms with van der Waals surface area (Å²) in [4.78, 5) is 26.9. The number of carbonyl (C=O) groups excluding carboxylic acids is 2. The molecule has 0 aromatic heterocycles. The van der Waals surface area contributed by atoms with Gasteiger partial charge in [0.25, 0.3) is 0 Å². The molecule has 0 radical (unpaired) electrons. The lowest BCUT2D eigenvalue weighted by atomic mass is 9.95. The van der Waals surface area contributed by atoms with Crippen molar-refractivity contribution >= 4 is 12.0 Å². The van der Waals surface area contributed by atoms with Gasteiger partial charge in [-0.15, -0.1) is 0 Å². The molecular weight excluding hydrogens is 322 g/mol. The van der Waals surface area contributed by atoms with Crippen molar-refractivity contribution in [2.24, 2.45) is 0 Å². The van der Waals surface area contributed by atoms with E-state index in [-0.39, 0.29) is 6.03 Å². The van der Waals surface area contributed by atoms with Crippen LogP contribution in [0.1, 0.15) is 24.4 Å². The average Bonchev–Trinajstić information content (AvgIpc) is 3.13. The van der Waals surface area contributed by atoms with E-state index in [2.05, 4.69) is 15.5 Å². The number of methoxy groups -OCH3 is 2. The Morgan fingerprint density at radius 1 is 1.28 bits per heavy atom. The zero-order valence-electron chi connectivity index (χ0n) is 14.5. The lowest BCUT2D eigenvalue weighted by Gasteiger charge is -2.31. The summed E-state index contributed by atoms with van der Waals surface area (Å²) in [6.45, 7) is 2.45. The Bertz CT molecular complexity index is 695. The summed E-state index contributed by atoms with van der Waals surface area (Å²) in [5.41, 5.74) is 1.81. The standard InChI is InChI=1S/C18H23N3O4/c1-24-13-7-5-6-12(10-13)16-15(17(22)25-2)14(19-18(23)20-16)11-21-8-3-4-9-21/h5-7,10,16H,3-4,8-9,11H2,1-2H3,(H2,19,20,23)/t16-/m1/s1. The van der Waals surface area contributed by atoms with Gasteiger partial charge in [-0.2, -0.15) is 0 Å². The molecule has 3 rings (SSSR count). The minimum Gasteiger partial charge on any atom is -0.497 e. The number of rotatable bonds is 5. The topological polar surface area (TPSA) is 79.9 Å². The molecule has 1 aromatic carbocycles.